The molecule has 1 aromatic carbocycles. The predicted octanol–water partition coefficient (Wildman–Crippen LogP) is 2.89. The van der Waals surface area contributed by atoms with E-state index in [-0.39, 0.29) is 12.5 Å². The van der Waals surface area contributed by atoms with E-state index in [1.807, 2.05) is 11.0 Å². The van der Waals surface area contributed by atoms with Crippen LogP contribution in [0.1, 0.15) is 47.3 Å². The molecule has 0 radical (unpaired) electrons. The van der Waals surface area contributed by atoms with Crippen LogP contribution in [0.2, 0.25) is 0 Å². The van der Waals surface area contributed by atoms with Crippen LogP contribution in [0.4, 0.5) is 0 Å². The van der Waals surface area contributed by atoms with Gasteiger partial charge in [-0.15, -0.1) is 0 Å². The van der Waals surface area contributed by atoms with Gasteiger partial charge in [-0.25, -0.2) is 0 Å². The Morgan fingerprint density at radius 2 is 2.00 bits per heavy atom. The van der Waals surface area contributed by atoms with Gasteiger partial charge in [0.1, 0.15) is 0 Å². The van der Waals surface area contributed by atoms with Gasteiger partial charge in [-0.2, -0.15) is 0 Å². The summed E-state index contributed by atoms with van der Waals surface area (Å²) in [5, 5.41) is 10.5. The molecule has 0 atom stereocenters. The number of hydrogen-bond donors (Lipinski definition) is 2. The number of benzene rings is 1. The third kappa shape index (κ3) is 2.65. The first kappa shape index (κ1) is 14.8. The van der Waals surface area contributed by atoms with Gasteiger partial charge in [-0.05, 0) is 68.2 Å². The number of rotatable bonds is 2. The molecule has 4 nitrogen and oxygen atoms in total. The van der Waals surface area contributed by atoms with Gasteiger partial charge in [-0.1, -0.05) is 0 Å². The Hall–Kier alpha value is -1.81. The summed E-state index contributed by atoms with van der Waals surface area (Å²) in [6.45, 7) is 1.75. The number of nitrogens with one attached hydrogen (secondary N) is 1. The normalized spacial score (nSPS) is 19.1. The Balaban J connectivity index is 1.60. The van der Waals surface area contributed by atoms with E-state index >= 15 is 0 Å². The van der Waals surface area contributed by atoms with E-state index in [0.29, 0.717) is 5.92 Å². The van der Waals surface area contributed by atoms with Crippen LogP contribution in [0.5, 0.6) is 0 Å². The van der Waals surface area contributed by atoms with Crippen LogP contribution in [0.3, 0.4) is 0 Å². The number of likely N-dealkylation sites (tertiary alicyclic amines) is 1. The van der Waals surface area contributed by atoms with E-state index in [1.165, 1.54) is 29.5 Å². The number of aromatic nitrogens is 1. The fraction of sp³-hybridized carbons (Fsp3) is 0.526. The molecule has 0 bridgehead atoms. The molecule has 4 heteroatoms. The topological polar surface area (TPSA) is 56.3 Å². The van der Waals surface area contributed by atoms with E-state index in [0.717, 1.165) is 49.9 Å². The Kier molecular flexibility index (Phi) is 3.85. The SMILES string of the molecule is O=C(c1ccc2[nH]c3c(c2c1)CCCC3)N1CCC(CO)CC1. The monoisotopic (exact) mass is 312 g/mol. The lowest BCUT2D eigenvalue weighted by atomic mass is 9.94. The number of carbonyl (C=O) groups excluding carboxylic acids is 1. The number of aliphatic hydroxyl groups is 1. The van der Waals surface area contributed by atoms with Crippen molar-refractivity contribution in [1.29, 1.82) is 0 Å². The summed E-state index contributed by atoms with van der Waals surface area (Å²) in [5.41, 5.74) is 4.74. The molecule has 0 unspecified atom stereocenters. The van der Waals surface area contributed by atoms with E-state index in [1.54, 1.807) is 0 Å². The van der Waals surface area contributed by atoms with E-state index < -0.39 is 0 Å². The number of H-pyrrole nitrogens is 1. The minimum Gasteiger partial charge on any atom is -0.396 e. The summed E-state index contributed by atoms with van der Waals surface area (Å²) in [6.07, 6.45) is 6.56. The van der Waals surface area contributed by atoms with Gasteiger partial charge >= 0.3 is 0 Å². The minimum atomic E-state index is 0.133. The van der Waals surface area contributed by atoms with Crippen molar-refractivity contribution in [3.63, 3.8) is 0 Å². The van der Waals surface area contributed by atoms with E-state index in [9.17, 15) is 9.90 Å². The average molecular weight is 312 g/mol. The van der Waals surface area contributed by atoms with Crippen LogP contribution in [0.15, 0.2) is 18.2 Å². The molecule has 2 aliphatic rings. The fourth-order valence-corrected chi connectivity index (χ4v) is 4.04. The summed E-state index contributed by atoms with van der Waals surface area (Å²) in [7, 11) is 0. The highest BCUT2D eigenvalue weighted by Crippen LogP contribution is 2.30. The molecule has 2 heterocycles. The van der Waals surface area contributed by atoms with Crippen LogP contribution in [-0.2, 0) is 12.8 Å². The molecule has 1 fully saturated rings. The lowest BCUT2D eigenvalue weighted by Gasteiger charge is -2.31. The van der Waals surface area contributed by atoms with Gasteiger partial charge in [0, 0.05) is 41.9 Å². The Bertz CT molecular complexity index is 726. The van der Waals surface area contributed by atoms with E-state index in [2.05, 4.69) is 17.1 Å². The third-order valence-corrected chi connectivity index (χ3v) is 5.50. The van der Waals surface area contributed by atoms with Gasteiger partial charge < -0.3 is 15.0 Å². The molecule has 1 saturated heterocycles. The predicted molar refractivity (Wildman–Crippen MR) is 90.7 cm³/mol. The third-order valence-electron chi connectivity index (χ3n) is 5.50. The van der Waals surface area contributed by atoms with Crippen LogP contribution < -0.4 is 0 Å². The smallest absolute Gasteiger partial charge is 0.253 e. The zero-order valence-corrected chi connectivity index (χ0v) is 13.5. The first-order valence-corrected chi connectivity index (χ1v) is 8.80. The summed E-state index contributed by atoms with van der Waals surface area (Å²) < 4.78 is 0. The molecule has 1 amide bonds. The number of aliphatic hydroxyl groups excluding tert-OH is 1. The maximum atomic E-state index is 12.8. The number of piperidine rings is 1. The van der Waals surface area contributed by atoms with Gasteiger partial charge in [0.05, 0.1) is 0 Å². The number of fused-ring (bicyclic) bond motifs is 3. The largest absolute Gasteiger partial charge is 0.396 e. The molecular weight excluding hydrogens is 288 g/mol. The number of nitrogens with zero attached hydrogens (tertiary/aromatic N) is 1. The lowest BCUT2D eigenvalue weighted by Crippen LogP contribution is -2.39. The standard InChI is InChI=1S/C19H24N2O2/c22-12-13-7-9-21(10-8-13)19(23)14-5-6-18-16(11-14)15-3-1-2-4-17(15)20-18/h5-6,11,13,20,22H,1-4,7-10,12H2. The second-order valence-corrected chi connectivity index (χ2v) is 6.97. The number of aryl methyl sites for hydroxylation is 2. The van der Waals surface area contributed by atoms with E-state index in [4.69, 9.17) is 0 Å². The first-order chi connectivity index (χ1) is 11.3. The van der Waals surface area contributed by atoms with Crippen LogP contribution in [0, 0.1) is 5.92 Å². The second kappa shape index (κ2) is 6.00. The van der Waals surface area contributed by atoms with Crippen LogP contribution in [0.25, 0.3) is 10.9 Å². The zero-order valence-electron chi connectivity index (χ0n) is 13.5. The number of carbonyl (C=O) groups is 1. The van der Waals surface area contributed by atoms with Gasteiger partial charge in [0.15, 0.2) is 0 Å². The molecule has 23 heavy (non-hydrogen) atoms. The summed E-state index contributed by atoms with van der Waals surface area (Å²) >= 11 is 0. The summed E-state index contributed by atoms with van der Waals surface area (Å²) in [6, 6.07) is 6.09. The summed E-state index contributed by atoms with van der Waals surface area (Å²) in [4.78, 5) is 18.2. The van der Waals surface area contributed by atoms with Gasteiger partial charge in [-0.3, -0.25) is 4.79 Å². The molecule has 2 N–H and O–H groups in total. The molecule has 1 aromatic heterocycles. The number of aromatic amines is 1. The van der Waals surface area contributed by atoms with Crippen LogP contribution >= 0.6 is 0 Å². The lowest BCUT2D eigenvalue weighted by molar-refractivity contribution is 0.0651. The van der Waals surface area contributed by atoms with Crippen molar-refractivity contribution < 1.29 is 9.90 Å². The molecule has 1 aliphatic carbocycles. The van der Waals surface area contributed by atoms with Crippen LogP contribution in [-0.4, -0.2) is 40.6 Å². The van der Waals surface area contributed by atoms with Crippen molar-refractivity contribution in [2.45, 2.75) is 38.5 Å². The molecule has 1 aliphatic heterocycles. The second-order valence-electron chi connectivity index (χ2n) is 6.97. The van der Waals surface area contributed by atoms with Crippen molar-refractivity contribution >= 4 is 16.8 Å². The highest BCUT2D eigenvalue weighted by molar-refractivity contribution is 5.99. The zero-order chi connectivity index (χ0) is 15.8. The van der Waals surface area contributed by atoms with Crippen molar-refractivity contribution in [1.82, 2.24) is 9.88 Å². The summed E-state index contributed by atoms with van der Waals surface area (Å²) in [5.74, 6) is 0.493. The minimum absolute atomic E-state index is 0.133. The molecule has 0 spiro atoms. The van der Waals surface area contributed by atoms with Crippen molar-refractivity contribution in [2.75, 3.05) is 19.7 Å². The average Bonchev–Trinajstić information content (AvgIpc) is 2.99. The Morgan fingerprint density at radius 1 is 1.22 bits per heavy atom. The fourth-order valence-electron chi connectivity index (χ4n) is 4.04. The molecule has 4 rings (SSSR count). The number of amides is 1. The highest BCUT2D eigenvalue weighted by atomic mass is 16.3. The van der Waals surface area contributed by atoms with Crippen molar-refractivity contribution in [3.8, 4) is 0 Å². The number of hydrogen-bond acceptors (Lipinski definition) is 2. The maximum Gasteiger partial charge on any atom is 0.253 e. The molecule has 2 aromatic rings. The highest BCUT2D eigenvalue weighted by Gasteiger charge is 2.24. The molecule has 122 valence electrons. The van der Waals surface area contributed by atoms with Gasteiger partial charge in [0.25, 0.3) is 5.91 Å². The molecular formula is C19H24N2O2. The van der Waals surface area contributed by atoms with Crippen molar-refractivity contribution in [2.24, 2.45) is 5.92 Å². The maximum absolute atomic E-state index is 12.8. The Morgan fingerprint density at radius 3 is 2.78 bits per heavy atom. The van der Waals surface area contributed by atoms with Crippen molar-refractivity contribution in [3.05, 3.63) is 35.0 Å². The Labute approximate surface area is 136 Å². The quantitative estimate of drug-likeness (QED) is 0.896. The van der Waals surface area contributed by atoms with Gasteiger partial charge in [0.2, 0.25) is 0 Å². The molecule has 0 saturated carbocycles. The first-order valence-electron chi connectivity index (χ1n) is 8.80.